The van der Waals surface area contributed by atoms with E-state index in [4.69, 9.17) is 21.2 Å². The molecule has 40 heavy (non-hydrogen) atoms. The van der Waals surface area contributed by atoms with E-state index in [0.717, 1.165) is 31.9 Å². The lowest BCUT2D eigenvalue weighted by atomic mass is 10.2. The third-order valence-corrected chi connectivity index (χ3v) is 8.06. The Bertz CT molecular complexity index is 1400. The summed E-state index contributed by atoms with van der Waals surface area (Å²) in [5, 5.41) is 2.69. The number of anilines is 2. The average Bonchev–Trinajstić information content (AvgIpc) is 2.96. The molecule has 1 heterocycles. The monoisotopic (exact) mass is 586 g/mol. The van der Waals surface area contributed by atoms with Crippen molar-refractivity contribution in [1.29, 1.82) is 0 Å². The van der Waals surface area contributed by atoms with Crippen molar-refractivity contribution in [2.75, 3.05) is 56.2 Å². The lowest BCUT2D eigenvalue weighted by molar-refractivity contribution is -0.0520. The van der Waals surface area contributed by atoms with Gasteiger partial charge in [0.1, 0.15) is 0 Å². The Morgan fingerprint density at radius 1 is 0.950 bits per heavy atom. The number of carbonyl (C=O) groups is 2. The second-order valence-corrected chi connectivity index (χ2v) is 11.1. The maximum atomic E-state index is 13.4. The number of amides is 2. The number of nitrogens with one attached hydrogen (secondary N) is 1. The molecule has 0 aromatic heterocycles. The molecule has 0 bridgehead atoms. The SMILES string of the molecule is CCOC(=O)c1ccc(Cl)cc1NC(=O)N(OCCN1CCN(c2ccccc2)CC1)S(=O)(=O)c1ccccc1. The van der Waals surface area contributed by atoms with Crippen LogP contribution in [0.25, 0.3) is 0 Å². The fourth-order valence-corrected chi connectivity index (χ4v) is 5.56. The predicted molar refractivity (Wildman–Crippen MR) is 153 cm³/mol. The van der Waals surface area contributed by atoms with Crippen LogP contribution in [0.4, 0.5) is 16.2 Å². The zero-order chi connectivity index (χ0) is 28.5. The fraction of sp³-hybridized carbons (Fsp3) is 0.286. The predicted octanol–water partition coefficient (Wildman–Crippen LogP) is 4.49. The first-order valence-corrected chi connectivity index (χ1v) is 14.6. The van der Waals surface area contributed by atoms with E-state index >= 15 is 0 Å². The molecule has 0 spiro atoms. The quantitative estimate of drug-likeness (QED) is 0.273. The average molecular weight is 587 g/mol. The highest BCUT2D eigenvalue weighted by Gasteiger charge is 2.32. The number of halogens is 1. The molecular weight excluding hydrogens is 556 g/mol. The van der Waals surface area contributed by atoms with Crippen molar-refractivity contribution in [2.45, 2.75) is 11.8 Å². The van der Waals surface area contributed by atoms with Gasteiger partial charge in [0, 0.05) is 43.4 Å². The number of rotatable bonds is 10. The number of piperazine rings is 1. The van der Waals surface area contributed by atoms with E-state index in [0.29, 0.717) is 11.0 Å². The standard InChI is InChI=1S/C28H31ClN4O6S/c1-2-38-27(34)25-14-13-22(29)21-26(25)30-28(35)33(40(36,37)24-11-7-4-8-12-24)39-20-19-31-15-17-32(18-16-31)23-9-5-3-6-10-23/h3-14,21H,2,15-20H2,1H3,(H,30,35). The van der Waals surface area contributed by atoms with Crippen molar-refractivity contribution < 1.29 is 27.6 Å². The minimum atomic E-state index is -4.40. The molecule has 212 valence electrons. The molecule has 1 fully saturated rings. The number of carbonyl (C=O) groups excluding carboxylic acids is 2. The summed E-state index contributed by atoms with van der Waals surface area (Å²) in [6.45, 7) is 5.22. The number of para-hydroxylation sites is 1. The third kappa shape index (κ3) is 7.30. The van der Waals surface area contributed by atoms with Crippen LogP contribution in [0, 0.1) is 0 Å². The van der Waals surface area contributed by atoms with Crippen LogP contribution in [0.2, 0.25) is 5.02 Å². The summed E-state index contributed by atoms with van der Waals surface area (Å²) in [6.07, 6.45) is 0. The summed E-state index contributed by atoms with van der Waals surface area (Å²) in [7, 11) is -4.40. The maximum Gasteiger partial charge on any atom is 0.360 e. The first-order valence-electron chi connectivity index (χ1n) is 12.8. The van der Waals surface area contributed by atoms with Crippen molar-refractivity contribution in [1.82, 2.24) is 9.37 Å². The molecule has 3 aromatic carbocycles. The van der Waals surface area contributed by atoms with Crippen LogP contribution in [0.5, 0.6) is 0 Å². The highest BCUT2D eigenvalue weighted by Crippen LogP contribution is 2.24. The molecule has 1 saturated heterocycles. The number of ether oxygens (including phenoxy) is 1. The van der Waals surface area contributed by atoms with Crippen LogP contribution < -0.4 is 10.2 Å². The van der Waals surface area contributed by atoms with Gasteiger partial charge in [-0.2, -0.15) is 8.42 Å². The van der Waals surface area contributed by atoms with Gasteiger partial charge in [-0.15, -0.1) is 0 Å². The lowest BCUT2D eigenvalue weighted by Crippen LogP contribution is -2.48. The van der Waals surface area contributed by atoms with E-state index in [9.17, 15) is 18.0 Å². The number of sulfonamides is 1. The molecule has 0 atom stereocenters. The van der Waals surface area contributed by atoms with Crippen LogP contribution in [-0.4, -0.2) is 75.7 Å². The van der Waals surface area contributed by atoms with Gasteiger partial charge in [0.25, 0.3) is 10.0 Å². The van der Waals surface area contributed by atoms with E-state index in [2.05, 4.69) is 27.2 Å². The van der Waals surface area contributed by atoms with Crippen molar-refractivity contribution in [2.24, 2.45) is 0 Å². The molecule has 0 saturated carbocycles. The number of hydrogen-bond acceptors (Lipinski definition) is 8. The number of urea groups is 1. The minimum absolute atomic E-state index is 0.00940. The largest absolute Gasteiger partial charge is 0.462 e. The molecule has 0 radical (unpaired) electrons. The molecule has 10 nitrogen and oxygen atoms in total. The molecule has 2 amide bonds. The van der Waals surface area contributed by atoms with Gasteiger partial charge in [0.05, 0.1) is 29.4 Å². The second kappa shape index (κ2) is 13.6. The topological polar surface area (TPSA) is 108 Å². The van der Waals surface area contributed by atoms with Gasteiger partial charge >= 0.3 is 12.0 Å². The van der Waals surface area contributed by atoms with E-state index in [1.54, 1.807) is 25.1 Å². The summed E-state index contributed by atoms with van der Waals surface area (Å²) in [5.74, 6) is -0.692. The number of hydrogen-bond donors (Lipinski definition) is 1. The van der Waals surface area contributed by atoms with Gasteiger partial charge in [-0.05, 0) is 49.4 Å². The van der Waals surface area contributed by atoms with Gasteiger partial charge in [-0.25, -0.2) is 9.59 Å². The Morgan fingerprint density at radius 2 is 1.60 bits per heavy atom. The van der Waals surface area contributed by atoms with E-state index in [-0.39, 0.29) is 34.4 Å². The third-order valence-electron chi connectivity index (χ3n) is 6.25. The van der Waals surface area contributed by atoms with E-state index in [1.165, 1.54) is 30.3 Å². The molecule has 4 rings (SSSR count). The van der Waals surface area contributed by atoms with Crippen LogP contribution in [0.3, 0.4) is 0 Å². The maximum absolute atomic E-state index is 13.4. The number of esters is 1. The highest BCUT2D eigenvalue weighted by molar-refractivity contribution is 7.89. The molecule has 0 unspecified atom stereocenters. The Kier molecular flexibility index (Phi) is 9.99. The van der Waals surface area contributed by atoms with Crippen molar-refractivity contribution >= 4 is 45.0 Å². The highest BCUT2D eigenvalue weighted by atomic mass is 35.5. The number of nitrogens with zero attached hydrogens (tertiary/aromatic N) is 3. The summed E-state index contributed by atoms with van der Waals surface area (Å²) in [4.78, 5) is 35.7. The summed E-state index contributed by atoms with van der Waals surface area (Å²) < 4.78 is 32.2. The Hall–Kier alpha value is -3.64. The Morgan fingerprint density at radius 3 is 2.25 bits per heavy atom. The molecule has 3 aromatic rings. The molecule has 12 heteroatoms. The summed E-state index contributed by atoms with van der Waals surface area (Å²) in [6, 6.07) is 20.7. The van der Waals surface area contributed by atoms with Crippen LogP contribution in [0.1, 0.15) is 17.3 Å². The fourth-order valence-electron chi connectivity index (χ4n) is 4.21. The summed E-state index contributed by atoms with van der Waals surface area (Å²) in [5.41, 5.74) is 1.16. The van der Waals surface area contributed by atoms with Gasteiger partial charge < -0.3 is 15.0 Å². The zero-order valence-electron chi connectivity index (χ0n) is 22.0. The summed E-state index contributed by atoms with van der Waals surface area (Å²) >= 11 is 6.09. The van der Waals surface area contributed by atoms with Gasteiger partial charge in [0.15, 0.2) is 0 Å². The first-order chi connectivity index (χ1) is 19.3. The number of benzene rings is 3. The Balaban J connectivity index is 1.47. The van der Waals surface area contributed by atoms with Gasteiger partial charge in [0.2, 0.25) is 0 Å². The number of hydroxylamine groups is 1. The molecule has 1 aliphatic heterocycles. The van der Waals surface area contributed by atoms with Gasteiger partial charge in [-0.3, -0.25) is 9.74 Å². The van der Waals surface area contributed by atoms with E-state index in [1.807, 2.05) is 18.2 Å². The van der Waals surface area contributed by atoms with Crippen LogP contribution >= 0.6 is 11.6 Å². The van der Waals surface area contributed by atoms with Crippen molar-refractivity contribution in [3.05, 3.63) is 89.4 Å². The van der Waals surface area contributed by atoms with Crippen molar-refractivity contribution in [3.8, 4) is 0 Å². The normalized spacial score (nSPS) is 14.0. The van der Waals surface area contributed by atoms with Crippen molar-refractivity contribution in [3.63, 3.8) is 0 Å². The van der Waals surface area contributed by atoms with Gasteiger partial charge in [-0.1, -0.05) is 52.5 Å². The molecular formula is C28H31ClN4O6S. The van der Waals surface area contributed by atoms with Crippen LogP contribution in [-0.2, 0) is 19.6 Å². The minimum Gasteiger partial charge on any atom is -0.462 e. The second-order valence-electron chi connectivity index (χ2n) is 8.88. The smallest absolute Gasteiger partial charge is 0.360 e. The zero-order valence-corrected chi connectivity index (χ0v) is 23.6. The molecule has 0 aliphatic carbocycles. The van der Waals surface area contributed by atoms with Crippen LogP contribution in [0.15, 0.2) is 83.8 Å². The Labute approximate surface area is 239 Å². The molecule has 1 N–H and O–H groups in total. The molecule has 1 aliphatic rings. The van der Waals surface area contributed by atoms with E-state index < -0.39 is 22.0 Å². The first kappa shape index (κ1) is 29.3. The lowest BCUT2D eigenvalue weighted by Gasteiger charge is -2.36.